The zero-order chi connectivity index (χ0) is 25.9. The van der Waals surface area contributed by atoms with E-state index >= 15 is 0 Å². The number of morpholine rings is 1. The summed E-state index contributed by atoms with van der Waals surface area (Å²) in [5.41, 5.74) is -0.923. The first-order valence-corrected chi connectivity index (χ1v) is 11.1. The van der Waals surface area contributed by atoms with E-state index in [9.17, 15) is 27.2 Å². The van der Waals surface area contributed by atoms with Crippen LogP contribution in [0.2, 0.25) is 0 Å². The second kappa shape index (κ2) is 10.4. The number of pyridine rings is 1. The van der Waals surface area contributed by atoms with Crippen molar-refractivity contribution in [2.75, 3.05) is 29.6 Å². The molecule has 192 valence electrons. The lowest BCUT2D eigenvalue weighted by atomic mass is 10.1. The molecule has 0 aliphatic carbocycles. The fraction of sp³-hybridized carbons (Fsp3) is 0.409. The van der Waals surface area contributed by atoms with Crippen molar-refractivity contribution in [2.45, 2.75) is 38.1 Å². The van der Waals surface area contributed by atoms with E-state index in [-0.39, 0.29) is 42.1 Å². The van der Waals surface area contributed by atoms with Gasteiger partial charge in [0.05, 0.1) is 25.6 Å². The average molecular weight is 509 g/mol. The van der Waals surface area contributed by atoms with Crippen LogP contribution in [0.15, 0.2) is 52.7 Å². The first kappa shape index (κ1) is 25.3. The maximum Gasteiger partial charge on any atom is 0.409 e. The van der Waals surface area contributed by atoms with Crippen LogP contribution >= 0.6 is 0 Å². The number of nitrogens with one attached hydrogen (secondary N) is 1. The molecule has 0 aromatic carbocycles. The number of H-pyrrole nitrogens is 1. The molecule has 10 nitrogen and oxygen atoms in total. The van der Waals surface area contributed by atoms with E-state index < -0.39 is 30.0 Å². The summed E-state index contributed by atoms with van der Waals surface area (Å²) in [6.07, 6.45) is 0.546. The maximum absolute atomic E-state index is 14.9. The number of nitrogens with zero attached hydrogens (tertiary/aromatic N) is 6. The van der Waals surface area contributed by atoms with E-state index in [0.29, 0.717) is 13.2 Å². The van der Waals surface area contributed by atoms with Crippen molar-refractivity contribution < 1.29 is 22.3 Å². The van der Waals surface area contributed by atoms with Crippen LogP contribution in [-0.2, 0) is 11.3 Å². The number of aromatic amines is 1. The Morgan fingerprint density at radius 1 is 1.08 bits per heavy atom. The van der Waals surface area contributed by atoms with Crippen LogP contribution in [0.4, 0.5) is 35.0 Å². The van der Waals surface area contributed by atoms with Crippen LogP contribution in [0.5, 0.6) is 0 Å². The topological polar surface area (TPSA) is 109 Å². The lowest BCUT2D eigenvalue weighted by Crippen LogP contribution is -2.51. The Kier molecular flexibility index (Phi) is 7.33. The molecular weight excluding hydrogens is 486 g/mol. The van der Waals surface area contributed by atoms with E-state index in [4.69, 9.17) is 4.74 Å². The molecule has 5 heterocycles. The van der Waals surface area contributed by atoms with Crippen LogP contribution < -0.4 is 20.9 Å². The molecule has 2 aliphatic heterocycles. The number of anilines is 3. The summed E-state index contributed by atoms with van der Waals surface area (Å²) in [6, 6.07) is 2.00. The smallest absolute Gasteiger partial charge is 0.377 e. The van der Waals surface area contributed by atoms with Crippen LogP contribution in [0, 0.1) is 5.82 Å². The second-order valence-corrected chi connectivity index (χ2v) is 8.15. The molecule has 0 amide bonds. The fourth-order valence-corrected chi connectivity index (χ4v) is 4.06. The molecular formula is C22H23F4N7O3. The van der Waals surface area contributed by atoms with Gasteiger partial charge < -0.3 is 14.6 Å². The predicted octanol–water partition coefficient (Wildman–Crippen LogP) is 2.25. The number of alkyl halides is 3. The minimum atomic E-state index is -4.56. The van der Waals surface area contributed by atoms with Gasteiger partial charge in [-0.15, -0.1) is 0 Å². The van der Waals surface area contributed by atoms with E-state index in [1.807, 2.05) is 0 Å². The summed E-state index contributed by atoms with van der Waals surface area (Å²) in [7, 11) is 0. The predicted molar refractivity (Wildman–Crippen MR) is 122 cm³/mol. The highest BCUT2D eigenvalue weighted by atomic mass is 19.4. The van der Waals surface area contributed by atoms with Gasteiger partial charge in [-0.05, 0) is 25.5 Å². The molecule has 0 unspecified atom stereocenters. The minimum absolute atomic E-state index is 0.116. The zero-order valence-corrected chi connectivity index (χ0v) is 19.2. The molecule has 2 atom stereocenters. The molecule has 3 aromatic rings. The van der Waals surface area contributed by atoms with Gasteiger partial charge in [0.25, 0.3) is 11.1 Å². The normalized spacial score (nSPS) is 19.8. The first-order valence-electron chi connectivity index (χ1n) is 11.1. The van der Waals surface area contributed by atoms with Crippen LogP contribution in [0.1, 0.15) is 13.3 Å². The third kappa shape index (κ3) is 5.22. The highest BCUT2D eigenvalue weighted by Crippen LogP contribution is 2.39. The van der Waals surface area contributed by atoms with Gasteiger partial charge in [0.1, 0.15) is 6.04 Å². The first-order chi connectivity index (χ1) is 17.2. The number of hydrogen-bond acceptors (Lipinski definition) is 8. The Hall–Kier alpha value is -3.81. The van der Waals surface area contributed by atoms with Gasteiger partial charge in [0.2, 0.25) is 11.8 Å². The Labute approximate surface area is 202 Å². The number of hydrogen-bond donors (Lipinski definition) is 1. The van der Waals surface area contributed by atoms with E-state index in [2.05, 4.69) is 19.9 Å². The monoisotopic (exact) mass is 509 g/mol. The van der Waals surface area contributed by atoms with Crippen molar-refractivity contribution >= 4 is 17.5 Å². The summed E-state index contributed by atoms with van der Waals surface area (Å²) < 4.78 is 62.6. The van der Waals surface area contributed by atoms with Gasteiger partial charge >= 0.3 is 6.18 Å². The molecule has 5 rings (SSSR count). The van der Waals surface area contributed by atoms with Crippen molar-refractivity contribution in [2.24, 2.45) is 0 Å². The highest BCUT2D eigenvalue weighted by Gasteiger charge is 2.48. The Balaban J connectivity index is 0.000000375. The van der Waals surface area contributed by atoms with Gasteiger partial charge in [-0.25, -0.2) is 4.98 Å². The number of halogens is 4. The Bertz CT molecular complexity index is 1280. The van der Waals surface area contributed by atoms with Gasteiger partial charge in [0.15, 0.2) is 5.82 Å². The van der Waals surface area contributed by atoms with Crippen molar-refractivity contribution in [3.8, 4) is 0 Å². The number of rotatable bonds is 2. The van der Waals surface area contributed by atoms with Crippen molar-refractivity contribution in [1.82, 2.24) is 24.5 Å². The summed E-state index contributed by atoms with van der Waals surface area (Å²) in [6.45, 7) is 2.40. The molecule has 3 aromatic heterocycles. The van der Waals surface area contributed by atoms with Crippen LogP contribution in [0.25, 0.3) is 0 Å². The van der Waals surface area contributed by atoms with E-state index in [1.165, 1.54) is 43.1 Å². The highest BCUT2D eigenvalue weighted by molar-refractivity contribution is 5.61. The standard InChI is InChI=1S/C18H19F4N5O2.C4H4N2O/c1-11-10-29-9-8-25(11)15-14(19)16(28)26-7-4-13(18(20,21)22)27(17(26)24-15)12-2-5-23-6-3-12;7-4-1-2-5-3-6-4/h2-3,5-6,11,13H,4,7-10H2,1H3;1-3H,(H,5,6,7)/t11-,13+;/m1./s1. The average Bonchev–Trinajstić information content (AvgIpc) is 2.87. The summed E-state index contributed by atoms with van der Waals surface area (Å²) in [5, 5.41) is 0. The number of fused-ring (bicyclic) bond motifs is 1. The summed E-state index contributed by atoms with van der Waals surface area (Å²) >= 11 is 0. The van der Waals surface area contributed by atoms with Crippen molar-refractivity contribution in [3.05, 3.63) is 69.6 Å². The fourth-order valence-electron chi connectivity index (χ4n) is 4.06. The molecule has 1 N–H and O–H groups in total. The lowest BCUT2D eigenvalue weighted by Gasteiger charge is -2.40. The number of aromatic nitrogens is 5. The summed E-state index contributed by atoms with van der Waals surface area (Å²) in [5.74, 6) is -1.55. The van der Waals surface area contributed by atoms with Gasteiger partial charge in [-0.3, -0.25) is 24.0 Å². The molecule has 1 saturated heterocycles. The SMILES string of the molecule is C[C@@H]1COCCN1c1nc2n(c(=O)c1F)CC[C@@H](C(F)(F)F)N2c1ccncc1.O=c1ccnc[nH]1. The van der Waals surface area contributed by atoms with Gasteiger partial charge in [-0.1, -0.05) is 0 Å². The quantitative estimate of drug-likeness (QED) is 0.524. The molecule has 14 heteroatoms. The summed E-state index contributed by atoms with van der Waals surface area (Å²) in [4.78, 5) is 39.4. The maximum atomic E-state index is 14.9. The zero-order valence-electron chi connectivity index (χ0n) is 19.2. The van der Waals surface area contributed by atoms with E-state index in [0.717, 1.165) is 9.47 Å². The molecule has 36 heavy (non-hydrogen) atoms. The minimum Gasteiger partial charge on any atom is -0.377 e. The Morgan fingerprint density at radius 3 is 2.39 bits per heavy atom. The molecule has 1 fully saturated rings. The third-order valence-corrected chi connectivity index (χ3v) is 5.78. The van der Waals surface area contributed by atoms with Gasteiger partial charge in [-0.2, -0.15) is 22.5 Å². The lowest BCUT2D eigenvalue weighted by molar-refractivity contribution is -0.150. The molecule has 0 radical (unpaired) electrons. The van der Waals surface area contributed by atoms with Gasteiger partial charge in [0, 0.05) is 43.4 Å². The molecule has 2 aliphatic rings. The number of ether oxygens (including phenoxy) is 1. The third-order valence-electron chi connectivity index (χ3n) is 5.78. The molecule has 0 saturated carbocycles. The van der Waals surface area contributed by atoms with Crippen LogP contribution in [0.3, 0.4) is 0 Å². The largest absolute Gasteiger partial charge is 0.409 e. The molecule has 0 spiro atoms. The second-order valence-electron chi connectivity index (χ2n) is 8.15. The molecule has 0 bridgehead atoms. The van der Waals surface area contributed by atoms with Crippen molar-refractivity contribution in [1.29, 1.82) is 0 Å². The van der Waals surface area contributed by atoms with Crippen molar-refractivity contribution in [3.63, 3.8) is 0 Å². The van der Waals surface area contributed by atoms with E-state index in [1.54, 1.807) is 11.8 Å². The van der Waals surface area contributed by atoms with Crippen LogP contribution in [-0.4, -0.2) is 62.5 Å². The Morgan fingerprint density at radius 2 is 1.81 bits per heavy atom.